The summed E-state index contributed by atoms with van der Waals surface area (Å²) in [6, 6.07) is 11.1. The van der Waals surface area contributed by atoms with Crippen molar-refractivity contribution in [3.8, 4) is 0 Å². The van der Waals surface area contributed by atoms with Crippen LogP contribution in [0.5, 0.6) is 0 Å². The topological polar surface area (TPSA) is 84.0 Å². The van der Waals surface area contributed by atoms with Crippen LogP contribution in [0.3, 0.4) is 0 Å². The van der Waals surface area contributed by atoms with Crippen LogP contribution in [0.15, 0.2) is 60.4 Å². The summed E-state index contributed by atoms with van der Waals surface area (Å²) in [6.45, 7) is 0. The molecule has 0 bridgehead atoms. The van der Waals surface area contributed by atoms with E-state index >= 15 is 0 Å². The zero-order valence-corrected chi connectivity index (χ0v) is 17.4. The van der Waals surface area contributed by atoms with E-state index in [0.717, 1.165) is 24.1 Å². The fourth-order valence-electron chi connectivity index (χ4n) is 4.00. The van der Waals surface area contributed by atoms with Gasteiger partial charge in [0.15, 0.2) is 5.13 Å². The van der Waals surface area contributed by atoms with Crippen molar-refractivity contribution < 1.29 is 9.59 Å². The van der Waals surface area contributed by atoms with Crippen LogP contribution >= 0.6 is 11.3 Å². The quantitative estimate of drug-likeness (QED) is 0.576. The van der Waals surface area contributed by atoms with Gasteiger partial charge >= 0.3 is 0 Å². The average molecular weight is 421 g/mol. The van der Waals surface area contributed by atoms with Gasteiger partial charge in [-0.05, 0) is 55.0 Å². The van der Waals surface area contributed by atoms with Crippen LogP contribution < -0.4 is 10.6 Å². The molecule has 0 aliphatic heterocycles. The SMILES string of the molecule is O=C(Nc1ccc(CC(C(=O)Nc2nccs2)C2CCCC2)cc1)c1ccncc1. The number of carbonyl (C=O) groups excluding carboxylic acids is 2. The number of rotatable bonds is 7. The largest absolute Gasteiger partial charge is 0.322 e. The van der Waals surface area contributed by atoms with Crippen LogP contribution in [0.25, 0.3) is 0 Å². The van der Waals surface area contributed by atoms with Crippen molar-refractivity contribution in [2.75, 3.05) is 10.6 Å². The second-order valence-corrected chi connectivity index (χ2v) is 8.46. The number of thiazole rings is 1. The lowest BCUT2D eigenvalue weighted by Gasteiger charge is -2.22. The number of benzene rings is 1. The van der Waals surface area contributed by atoms with Crippen molar-refractivity contribution in [2.24, 2.45) is 11.8 Å². The van der Waals surface area contributed by atoms with Gasteiger partial charge in [0.05, 0.1) is 0 Å². The first kappa shape index (κ1) is 20.2. The third kappa shape index (κ3) is 5.10. The molecule has 3 aromatic rings. The Bertz CT molecular complexity index is 968. The zero-order chi connectivity index (χ0) is 20.8. The minimum Gasteiger partial charge on any atom is -0.322 e. The van der Waals surface area contributed by atoms with Gasteiger partial charge in [0.25, 0.3) is 5.91 Å². The Hall–Kier alpha value is -3.06. The summed E-state index contributed by atoms with van der Waals surface area (Å²) in [5, 5.41) is 8.39. The van der Waals surface area contributed by atoms with Crippen molar-refractivity contribution in [1.29, 1.82) is 0 Å². The second-order valence-electron chi connectivity index (χ2n) is 7.57. The van der Waals surface area contributed by atoms with E-state index in [2.05, 4.69) is 20.6 Å². The van der Waals surface area contributed by atoms with Gasteiger partial charge in [-0.25, -0.2) is 4.98 Å². The summed E-state index contributed by atoms with van der Waals surface area (Å²) in [4.78, 5) is 33.4. The first-order chi connectivity index (χ1) is 14.7. The standard InChI is InChI=1S/C23H24N4O2S/c28-21(18-9-11-24-12-10-18)26-19-7-5-16(6-8-19)15-20(17-3-1-2-4-17)22(29)27-23-25-13-14-30-23/h5-14,17,20H,1-4,15H2,(H,26,28)(H,25,27,29). The minimum absolute atomic E-state index is 0.0481. The van der Waals surface area contributed by atoms with Gasteiger partial charge in [-0.1, -0.05) is 25.0 Å². The summed E-state index contributed by atoms with van der Waals surface area (Å²) in [5.74, 6) is 0.202. The molecule has 7 heteroatoms. The lowest BCUT2D eigenvalue weighted by atomic mass is 9.85. The number of nitrogens with zero attached hydrogens (tertiary/aromatic N) is 2. The molecule has 0 radical (unpaired) electrons. The van der Waals surface area contributed by atoms with E-state index in [1.165, 1.54) is 24.2 Å². The fraction of sp³-hybridized carbons (Fsp3) is 0.304. The highest BCUT2D eigenvalue weighted by molar-refractivity contribution is 7.13. The third-order valence-corrected chi connectivity index (χ3v) is 6.27. The van der Waals surface area contributed by atoms with E-state index in [0.29, 0.717) is 23.0 Å². The van der Waals surface area contributed by atoms with Gasteiger partial charge in [0.2, 0.25) is 5.91 Å². The number of amides is 2. The molecule has 6 nitrogen and oxygen atoms in total. The van der Waals surface area contributed by atoms with Crippen molar-refractivity contribution in [2.45, 2.75) is 32.1 Å². The molecule has 4 rings (SSSR count). The summed E-state index contributed by atoms with van der Waals surface area (Å²) < 4.78 is 0. The molecule has 1 unspecified atom stereocenters. The maximum absolute atomic E-state index is 13.0. The Morgan fingerprint density at radius 3 is 2.40 bits per heavy atom. The summed E-state index contributed by atoms with van der Waals surface area (Å²) in [7, 11) is 0. The zero-order valence-electron chi connectivity index (χ0n) is 16.6. The van der Waals surface area contributed by atoms with Gasteiger partial charge in [-0.3, -0.25) is 14.6 Å². The molecular weight excluding hydrogens is 396 g/mol. The van der Waals surface area contributed by atoms with Gasteiger partial charge in [-0.2, -0.15) is 0 Å². The number of nitrogens with one attached hydrogen (secondary N) is 2. The molecule has 2 aromatic heterocycles. The van der Waals surface area contributed by atoms with Crippen LogP contribution in [0.2, 0.25) is 0 Å². The molecule has 1 aliphatic carbocycles. The third-order valence-electron chi connectivity index (χ3n) is 5.58. The Balaban J connectivity index is 1.42. The van der Waals surface area contributed by atoms with Gasteiger partial charge in [-0.15, -0.1) is 11.3 Å². The van der Waals surface area contributed by atoms with Gasteiger partial charge in [0, 0.05) is 41.1 Å². The smallest absolute Gasteiger partial charge is 0.255 e. The Morgan fingerprint density at radius 2 is 1.73 bits per heavy atom. The molecule has 0 spiro atoms. The maximum atomic E-state index is 13.0. The van der Waals surface area contributed by atoms with Gasteiger partial charge < -0.3 is 10.6 Å². The molecule has 1 atom stereocenters. The lowest BCUT2D eigenvalue weighted by Crippen LogP contribution is -2.30. The summed E-state index contributed by atoms with van der Waals surface area (Å²) >= 11 is 1.44. The average Bonchev–Trinajstić information content (AvgIpc) is 3.48. The van der Waals surface area contributed by atoms with Crippen molar-refractivity contribution >= 4 is 34.0 Å². The fourth-order valence-corrected chi connectivity index (χ4v) is 4.53. The van der Waals surface area contributed by atoms with Crippen molar-refractivity contribution in [3.05, 3.63) is 71.5 Å². The van der Waals surface area contributed by atoms with E-state index in [9.17, 15) is 9.59 Å². The highest BCUT2D eigenvalue weighted by Crippen LogP contribution is 2.34. The molecular formula is C23H24N4O2S. The molecule has 1 fully saturated rings. The molecule has 2 amide bonds. The molecule has 2 N–H and O–H groups in total. The normalized spacial score (nSPS) is 14.9. The number of pyridine rings is 1. The molecule has 1 aliphatic rings. The van der Waals surface area contributed by atoms with Crippen LogP contribution in [-0.2, 0) is 11.2 Å². The number of anilines is 2. The number of hydrogen-bond acceptors (Lipinski definition) is 5. The Morgan fingerprint density at radius 1 is 1.00 bits per heavy atom. The van der Waals surface area contributed by atoms with E-state index < -0.39 is 0 Å². The summed E-state index contributed by atoms with van der Waals surface area (Å²) in [5.41, 5.74) is 2.38. The van der Waals surface area contributed by atoms with Crippen LogP contribution in [0.1, 0.15) is 41.6 Å². The number of carbonyl (C=O) groups is 2. The molecule has 1 saturated carbocycles. The van der Waals surface area contributed by atoms with E-state index in [1.54, 1.807) is 30.7 Å². The molecule has 154 valence electrons. The van der Waals surface area contributed by atoms with Crippen LogP contribution in [0, 0.1) is 11.8 Å². The predicted molar refractivity (Wildman–Crippen MR) is 119 cm³/mol. The Kier molecular flexibility index (Phi) is 6.49. The Labute approximate surface area is 179 Å². The summed E-state index contributed by atoms with van der Waals surface area (Å²) in [6.07, 6.45) is 10.1. The van der Waals surface area contributed by atoms with Crippen molar-refractivity contribution in [1.82, 2.24) is 9.97 Å². The second kappa shape index (κ2) is 9.63. The maximum Gasteiger partial charge on any atom is 0.255 e. The number of aromatic nitrogens is 2. The lowest BCUT2D eigenvalue weighted by molar-refractivity contribution is -0.121. The first-order valence-electron chi connectivity index (χ1n) is 10.2. The van der Waals surface area contributed by atoms with E-state index in [-0.39, 0.29) is 17.7 Å². The molecule has 0 saturated heterocycles. The van der Waals surface area contributed by atoms with Gasteiger partial charge in [0.1, 0.15) is 0 Å². The monoisotopic (exact) mass is 420 g/mol. The molecule has 30 heavy (non-hydrogen) atoms. The molecule has 1 aromatic carbocycles. The highest BCUT2D eigenvalue weighted by atomic mass is 32.1. The first-order valence-corrected chi connectivity index (χ1v) is 11.1. The molecule has 2 heterocycles. The van der Waals surface area contributed by atoms with E-state index in [4.69, 9.17) is 0 Å². The highest BCUT2D eigenvalue weighted by Gasteiger charge is 2.31. The van der Waals surface area contributed by atoms with Crippen molar-refractivity contribution in [3.63, 3.8) is 0 Å². The van der Waals surface area contributed by atoms with Crippen LogP contribution in [-0.4, -0.2) is 21.8 Å². The van der Waals surface area contributed by atoms with E-state index in [1.807, 2.05) is 29.6 Å². The van der Waals surface area contributed by atoms with Crippen LogP contribution in [0.4, 0.5) is 10.8 Å². The number of hydrogen-bond donors (Lipinski definition) is 2. The predicted octanol–water partition coefficient (Wildman–Crippen LogP) is 4.78. The minimum atomic E-state index is -0.170.